The number of aromatic nitrogens is 2. The van der Waals surface area contributed by atoms with Crippen LogP contribution < -0.4 is 5.32 Å². The molecule has 128 valence electrons. The summed E-state index contributed by atoms with van der Waals surface area (Å²) < 4.78 is 5.17. The maximum atomic E-state index is 12.6. The minimum Gasteiger partial charge on any atom is -0.384 e. The third-order valence-corrected chi connectivity index (χ3v) is 3.92. The molecule has 0 unspecified atom stereocenters. The van der Waals surface area contributed by atoms with Crippen molar-refractivity contribution in [2.75, 3.05) is 6.54 Å². The van der Waals surface area contributed by atoms with Gasteiger partial charge in [0.05, 0.1) is 17.7 Å². The van der Waals surface area contributed by atoms with Crippen molar-refractivity contribution in [2.24, 2.45) is 0 Å². The van der Waals surface area contributed by atoms with Gasteiger partial charge in [-0.1, -0.05) is 47.6 Å². The molecule has 2 aromatic carbocycles. The highest BCUT2D eigenvalue weighted by atomic mass is 16.5. The van der Waals surface area contributed by atoms with Crippen molar-refractivity contribution in [2.45, 2.75) is 19.4 Å². The molecule has 0 aliphatic heterocycles. The molecule has 0 bridgehead atoms. The Morgan fingerprint density at radius 2 is 1.84 bits per heavy atom. The topological polar surface area (TPSA) is 88.2 Å². The Labute approximate surface area is 145 Å². The minimum absolute atomic E-state index is 0.0764. The first-order valence-corrected chi connectivity index (χ1v) is 7.93. The van der Waals surface area contributed by atoms with Gasteiger partial charge in [-0.25, -0.2) is 0 Å². The molecule has 3 aromatic rings. The SMILES string of the molecule is Cc1noc(-c2ccccc2C(=O)NC[C@@](C)(O)c2ccccc2)n1. The average molecular weight is 337 g/mol. The van der Waals surface area contributed by atoms with Gasteiger partial charge in [0.25, 0.3) is 11.8 Å². The van der Waals surface area contributed by atoms with Crippen LogP contribution in [0.5, 0.6) is 0 Å². The number of nitrogens with zero attached hydrogens (tertiary/aromatic N) is 2. The van der Waals surface area contributed by atoms with E-state index in [0.29, 0.717) is 17.0 Å². The molecule has 1 amide bonds. The van der Waals surface area contributed by atoms with Crippen molar-refractivity contribution in [3.63, 3.8) is 0 Å². The third kappa shape index (κ3) is 3.75. The summed E-state index contributed by atoms with van der Waals surface area (Å²) in [4.78, 5) is 16.8. The Hall–Kier alpha value is -2.99. The van der Waals surface area contributed by atoms with E-state index in [1.54, 1.807) is 38.1 Å². The first-order chi connectivity index (χ1) is 12.0. The molecule has 0 radical (unpaired) electrons. The lowest BCUT2D eigenvalue weighted by atomic mass is 9.96. The summed E-state index contributed by atoms with van der Waals surface area (Å²) in [6.07, 6.45) is 0. The number of amides is 1. The molecule has 25 heavy (non-hydrogen) atoms. The van der Waals surface area contributed by atoms with Gasteiger partial charge in [-0.2, -0.15) is 4.98 Å². The first kappa shape index (κ1) is 16.9. The molecule has 6 heteroatoms. The highest BCUT2D eigenvalue weighted by molar-refractivity contribution is 5.99. The number of carbonyl (C=O) groups excluding carboxylic acids is 1. The smallest absolute Gasteiger partial charge is 0.258 e. The van der Waals surface area contributed by atoms with E-state index in [0.717, 1.165) is 5.56 Å². The van der Waals surface area contributed by atoms with E-state index in [1.165, 1.54) is 0 Å². The molecular weight excluding hydrogens is 318 g/mol. The van der Waals surface area contributed by atoms with Crippen LogP contribution in [0.1, 0.15) is 28.7 Å². The molecule has 0 aliphatic rings. The van der Waals surface area contributed by atoms with Crippen LogP contribution in [0, 0.1) is 6.92 Å². The normalized spacial score (nSPS) is 13.2. The summed E-state index contributed by atoms with van der Waals surface area (Å²) in [5.74, 6) is 0.470. The van der Waals surface area contributed by atoms with E-state index in [2.05, 4.69) is 15.5 Å². The van der Waals surface area contributed by atoms with Crippen LogP contribution in [0.3, 0.4) is 0 Å². The monoisotopic (exact) mass is 337 g/mol. The molecule has 0 saturated heterocycles. The second-order valence-corrected chi connectivity index (χ2v) is 6.01. The molecule has 0 aliphatic carbocycles. The predicted molar refractivity (Wildman–Crippen MR) is 92.8 cm³/mol. The van der Waals surface area contributed by atoms with Crippen LogP contribution in [0.4, 0.5) is 0 Å². The van der Waals surface area contributed by atoms with Crippen LogP contribution in [0.25, 0.3) is 11.5 Å². The number of benzene rings is 2. The van der Waals surface area contributed by atoms with E-state index in [1.807, 2.05) is 30.3 Å². The second-order valence-electron chi connectivity index (χ2n) is 6.01. The maximum Gasteiger partial charge on any atom is 0.258 e. The Morgan fingerprint density at radius 1 is 1.16 bits per heavy atom. The van der Waals surface area contributed by atoms with Crippen LogP contribution in [0.15, 0.2) is 59.1 Å². The molecule has 1 heterocycles. The van der Waals surface area contributed by atoms with Gasteiger partial charge in [-0.15, -0.1) is 0 Å². The molecule has 0 saturated carbocycles. The minimum atomic E-state index is -1.17. The Morgan fingerprint density at radius 3 is 2.52 bits per heavy atom. The van der Waals surface area contributed by atoms with Gasteiger partial charge in [0.1, 0.15) is 5.60 Å². The lowest BCUT2D eigenvalue weighted by molar-refractivity contribution is 0.0526. The van der Waals surface area contributed by atoms with Gasteiger partial charge in [0.2, 0.25) is 0 Å². The number of hydrogen-bond acceptors (Lipinski definition) is 5. The van der Waals surface area contributed by atoms with Crippen molar-refractivity contribution >= 4 is 5.91 Å². The summed E-state index contributed by atoms with van der Waals surface area (Å²) in [6.45, 7) is 3.45. The zero-order valence-corrected chi connectivity index (χ0v) is 14.1. The lowest BCUT2D eigenvalue weighted by Crippen LogP contribution is -2.38. The number of hydrogen-bond donors (Lipinski definition) is 2. The first-order valence-electron chi connectivity index (χ1n) is 7.93. The highest BCUT2D eigenvalue weighted by Gasteiger charge is 2.25. The van der Waals surface area contributed by atoms with Crippen LogP contribution in [-0.2, 0) is 5.60 Å². The highest BCUT2D eigenvalue weighted by Crippen LogP contribution is 2.23. The standard InChI is InChI=1S/C19H19N3O3/c1-13-21-18(25-22-13)16-11-7-6-10-15(16)17(23)20-12-19(2,24)14-8-4-3-5-9-14/h3-11,24H,12H2,1-2H3,(H,20,23)/t19-/m1/s1. The van der Waals surface area contributed by atoms with Gasteiger partial charge < -0.3 is 14.9 Å². The molecule has 1 atom stereocenters. The fraction of sp³-hybridized carbons (Fsp3) is 0.211. The summed E-state index contributed by atoms with van der Waals surface area (Å²) in [7, 11) is 0. The lowest BCUT2D eigenvalue weighted by Gasteiger charge is -2.24. The molecule has 1 aromatic heterocycles. The summed E-state index contributed by atoms with van der Waals surface area (Å²) in [5.41, 5.74) is 0.526. The molecule has 3 rings (SSSR count). The van der Waals surface area contributed by atoms with Gasteiger partial charge >= 0.3 is 0 Å². The average Bonchev–Trinajstić information content (AvgIpc) is 3.07. The maximum absolute atomic E-state index is 12.6. The molecule has 0 spiro atoms. The Bertz CT molecular complexity index is 872. The number of aryl methyl sites for hydroxylation is 1. The Balaban J connectivity index is 1.78. The largest absolute Gasteiger partial charge is 0.384 e. The second kappa shape index (κ2) is 6.86. The fourth-order valence-corrected chi connectivity index (χ4v) is 2.52. The van der Waals surface area contributed by atoms with Gasteiger partial charge in [0.15, 0.2) is 5.82 Å². The van der Waals surface area contributed by atoms with E-state index >= 15 is 0 Å². The molecular formula is C19H19N3O3. The molecule has 0 fully saturated rings. The van der Waals surface area contributed by atoms with Crippen molar-refractivity contribution in [1.82, 2.24) is 15.5 Å². The predicted octanol–water partition coefficient (Wildman–Crippen LogP) is 2.68. The van der Waals surface area contributed by atoms with E-state index < -0.39 is 5.60 Å². The molecule has 6 nitrogen and oxygen atoms in total. The van der Waals surface area contributed by atoms with Crippen molar-refractivity contribution in [3.05, 3.63) is 71.5 Å². The zero-order chi connectivity index (χ0) is 17.9. The van der Waals surface area contributed by atoms with Crippen LogP contribution in [0.2, 0.25) is 0 Å². The summed E-state index contributed by atoms with van der Waals surface area (Å²) in [6, 6.07) is 16.2. The molecule has 2 N–H and O–H groups in total. The number of carbonyl (C=O) groups is 1. The summed E-state index contributed by atoms with van der Waals surface area (Å²) >= 11 is 0. The van der Waals surface area contributed by atoms with Crippen LogP contribution >= 0.6 is 0 Å². The van der Waals surface area contributed by atoms with Crippen molar-refractivity contribution in [3.8, 4) is 11.5 Å². The quantitative estimate of drug-likeness (QED) is 0.747. The van der Waals surface area contributed by atoms with E-state index in [-0.39, 0.29) is 18.3 Å². The van der Waals surface area contributed by atoms with E-state index in [9.17, 15) is 9.90 Å². The van der Waals surface area contributed by atoms with Crippen LogP contribution in [-0.4, -0.2) is 27.7 Å². The third-order valence-electron chi connectivity index (χ3n) is 3.92. The number of nitrogens with one attached hydrogen (secondary N) is 1. The fourth-order valence-electron chi connectivity index (χ4n) is 2.52. The van der Waals surface area contributed by atoms with Gasteiger partial charge in [-0.3, -0.25) is 4.79 Å². The van der Waals surface area contributed by atoms with Crippen molar-refractivity contribution < 1.29 is 14.4 Å². The van der Waals surface area contributed by atoms with Gasteiger partial charge in [-0.05, 0) is 31.5 Å². The van der Waals surface area contributed by atoms with Gasteiger partial charge in [0, 0.05) is 0 Å². The number of aliphatic hydroxyl groups is 1. The Kier molecular flexibility index (Phi) is 4.63. The zero-order valence-electron chi connectivity index (χ0n) is 14.1. The van der Waals surface area contributed by atoms with Crippen molar-refractivity contribution in [1.29, 1.82) is 0 Å². The number of rotatable bonds is 5. The summed E-state index contributed by atoms with van der Waals surface area (Å²) in [5, 5.41) is 17.2. The van der Waals surface area contributed by atoms with E-state index in [4.69, 9.17) is 4.52 Å².